The predicted octanol–water partition coefficient (Wildman–Crippen LogP) is 5.86. The Kier molecular flexibility index (Phi) is 6.49. The number of nitrogens with zero attached hydrogens (tertiary/aromatic N) is 5. The van der Waals surface area contributed by atoms with Crippen molar-refractivity contribution in [2.75, 3.05) is 10.6 Å². The van der Waals surface area contributed by atoms with Crippen LogP contribution in [0.25, 0.3) is 10.9 Å². The molecule has 2 N–H and O–H groups in total. The van der Waals surface area contributed by atoms with Gasteiger partial charge >= 0.3 is 12.2 Å². The van der Waals surface area contributed by atoms with Gasteiger partial charge in [0, 0.05) is 23.2 Å². The minimum atomic E-state index is -4.68. The number of non-ortho nitro benzene ring substituents is 1. The Labute approximate surface area is 200 Å². The Morgan fingerprint density at radius 3 is 2.65 bits per heavy atom. The van der Waals surface area contributed by atoms with Gasteiger partial charge in [0.25, 0.3) is 5.69 Å². The zero-order valence-electron chi connectivity index (χ0n) is 16.3. The summed E-state index contributed by atoms with van der Waals surface area (Å²) in [5.74, 6) is 0. The molecule has 0 saturated heterocycles. The zero-order valence-corrected chi connectivity index (χ0v) is 18.7. The van der Waals surface area contributed by atoms with Crippen LogP contribution in [0.5, 0.6) is 0 Å². The number of nitrogens with one attached hydrogen (secondary N) is 2. The first-order chi connectivity index (χ1) is 16.1. The number of amides is 2. The number of nitro groups is 1. The minimum absolute atomic E-state index is 0.0642. The summed E-state index contributed by atoms with van der Waals surface area (Å²) in [6.07, 6.45) is -3.38. The number of carbonyl (C=O) groups is 1. The monoisotopic (exact) mass is 527 g/mol. The van der Waals surface area contributed by atoms with Gasteiger partial charge < -0.3 is 5.32 Å². The molecule has 0 saturated carbocycles. The number of benzene rings is 2. The fourth-order valence-corrected chi connectivity index (χ4v) is 4.64. The number of aromatic nitrogens is 4. The molecule has 0 atom stereocenters. The van der Waals surface area contributed by atoms with Crippen molar-refractivity contribution in [1.82, 2.24) is 20.2 Å². The molecule has 2 amide bonds. The molecule has 0 unspecified atom stereocenters. The number of rotatable bonds is 5. The second kappa shape index (κ2) is 9.36. The van der Waals surface area contributed by atoms with E-state index in [-0.39, 0.29) is 16.5 Å². The molecular formula is C18H9ClF3N7O3S2. The summed E-state index contributed by atoms with van der Waals surface area (Å²) in [6, 6.07) is 6.28. The highest BCUT2D eigenvalue weighted by atomic mass is 35.5. The second-order valence-electron chi connectivity index (χ2n) is 6.38. The van der Waals surface area contributed by atoms with Gasteiger partial charge in [0.1, 0.15) is 11.4 Å². The van der Waals surface area contributed by atoms with E-state index in [0.29, 0.717) is 26.3 Å². The molecule has 0 bridgehead atoms. The summed E-state index contributed by atoms with van der Waals surface area (Å²) in [5, 5.41) is 23.8. The number of fused-ring (bicyclic) bond motifs is 1. The van der Waals surface area contributed by atoms with Crippen LogP contribution >= 0.6 is 34.7 Å². The lowest BCUT2D eigenvalue weighted by atomic mass is 10.2. The van der Waals surface area contributed by atoms with Gasteiger partial charge in [-0.25, -0.2) is 14.8 Å². The Bertz CT molecular complexity index is 1420. The van der Waals surface area contributed by atoms with Crippen LogP contribution in [0.2, 0.25) is 5.02 Å². The molecule has 174 valence electrons. The van der Waals surface area contributed by atoms with Gasteiger partial charge in [-0.3, -0.25) is 15.4 Å². The first-order valence-electron chi connectivity index (χ1n) is 8.95. The molecular weight excluding hydrogens is 519 g/mol. The highest BCUT2D eigenvalue weighted by molar-refractivity contribution is 8.01. The van der Waals surface area contributed by atoms with Gasteiger partial charge in [0.15, 0.2) is 4.34 Å². The van der Waals surface area contributed by atoms with Crippen LogP contribution in [0.3, 0.4) is 0 Å². The summed E-state index contributed by atoms with van der Waals surface area (Å²) in [5.41, 5.74) is -0.843. The maximum Gasteiger partial charge on any atom is 0.417 e. The average molecular weight is 528 g/mol. The van der Waals surface area contributed by atoms with Gasteiger partial charge in [-0.1, -0.05) is 22.9 Å². The molecule has 2 heterocycles. The maximum absolute atomic E-state index is 13.0. The van der Waals surface area contributed by atoms with Crippen molar-refractivity contribution < 1.29 is 22.9 Å². The van der Waals surface area contributed by atoms with E-state index < -0.39 is 27.7 Å². The molecule has 10 nitrogen and oxygen atoms in total. The molecule has 0 aliphatic heterocycles. The average Bonchev–Trinajstić information content (AvgIpc) is 3.20. The molecule has 16 heteroatoms. The Hall–Kier alpha value is -3.56. The van der Waals surface area contributed by atoms with Crippen molar-refractivity contribution in [1.29, 1.82) is 0 Å². The van der Waals surface area contributed by atoms with Crippen LogP contribution in [0, 0.1) is 10.1 Å². The van der Waals surface area contributed by atoms with Gasteiger partial charge in [-0.15, -0.1) is 10.2 Å². The van der Waals surface area contributed by atoms with E-state index in [1.807, 2.05) is 0 Å². The third kappa shape index (κ3) is 5.32. The summed E-state index contributed by atoms with van der Waals surface area (Å²) in [6.45, 7) is 0. The normalized spacial score (nSPS) is 11.4. The van der Waals surface area contributed by atoms with Crippen LogP contribution in [0.1, 0.15) is 5.56 Å². The summed E-state index contributed by atoms with van der Waals surface area (Å²) in [4.78, 5) is 30.9. The molecule has 0 aliphatic carbocycles. The molecule has 4 aromatic rings. The van der Waals surface area contributed by atoms with Crippen LogP contribution in [0.15, 0.2) is 52.1 Å². The molecule has 2 aromatic heterocycles. The highest BCUT2D eigenvalue weighted by Crippen LogP contribution is 2.37. The van der Waals surface area contributed by atoms with Crippen molar-refractivity contribution in [2.24, 2.45) is 0 Å². The van der Waals surface area contributed by atoms with E-state index in [1.54, 1.807) is 0 Å². The Balaban J connectivity index is 1.47. The standard InChI is InChI=1S/C18H9ClF3N7O3S2/c19-12-3-1-8(5-11(12)18(20,21)22)25-15(30)26-16-27-28-17(34-16)33-14-10-6-9(29(31)32)2-4-13(10)23-7-24-14/h1-7H,(H2,25,26,27,30). The quantitative estimate of drug-likeness (QED) is 0.143. The van der Waals surface area contributed by atoms with Crippen molar-refractivity contribution >= 4 is 68.1 Å². The van der Waals surface area contributed by atoms with Crippen molar-refractivity contribution in [3.05, 3.63) is 63.4 Å². The fraction of sp³-hybridized carbons (Fsp3) is 0.0556. The first kappa shape index (κ1) is 23.6. The van der Waals surface area contributed by atoms with Gasteiger partial charge in [-0.05, 0) is 36.0 Å². The summed E-state index contributed by atoms with van der Waals surface area (Å²) in [7, 11) is 0. The first-order valence-corrected chi connectivity index (χ1v) is 11.0. The largest absolute Gasteiger partial charge is 0.417 e. The number of anilines is 2. The van der Waals surface area contributed by atoms with E-state index in [9.17, 15) is 28.1 Å². The van der Waals surface area contributed by atoms with E-state index in [4.69, 9.17) is 11.6 Å². The smallest absolute Gasteiger partial charge is 0.308 e. The molecule has 0 spiro atoms. The van der Waals surface area contributed by atoms with E-state index in [2.05, 4.69) is 30.8 Å². The fourth-order valence-electron chi connectivity index (χ4n) is 2.68. The van der Waals surface area contributed by atoms with Crippen LogP contribution in [-0.2, 0) is 6.18 Å². The van der Waals surface area contributed by atoms with Crippen LogP contribution in [0.4, 0.5) is 34.5 Å². The molecule has 4 rings (SSSR count). The Morgan fingerprint density at radius 2 is 1.91 bits per heavy atom. The Morgan fingerprint density at radius 1 is 1.12 bits per heavy atom. The van der Waals surface area contributed by atoms with Crippen LogP contribution in [-0.4, -0.2) is 31.1 Å². The van der Waals surface area contributed by atoms with Gasteiger partial charge in [0.2, 0.25) is 5.13 Å². The predicted molar refractivity (Wildman–Crippen MR) is 119 cm³/mol. The topological polar surface area (TPSA) is 136 Å². The number of halogens is 4. The van der Waals surface area contributed by atoms with Crippen molar-refractivity contribution in [3.8, 4) is 0 Å². The molecule has 0 aliphatic rings. The lowest BCUT2D eigenvalue weighted by Gasteiger charge is -2.11. The van der Waals surface area contributed by atoms with Crippen molar-refractivity contribution in [3.63, 3.8) is 0 Å². The third-order valence-electron chi connectivity index (χ3n) is 4.13. The SMILES string of the molecule is O=C(Nc1ccc(Cl)c(C(F)(F)F)c1)Nc1nnc(Sc2ncnc3ccc([N+](=O)[O-])cc23)s1. The third-order valence-corrected chi connectivity index (χ3v) is 6.37. The summed E-state index contributed by atoms with van der Waals surface area (Å²) < 4.78 is 39.3. The summed E-state index contributed by atoms with van der Waals surface area (Å²) >= 11 is 7.59. The minimum Gasteiger partial charge on any atom is -0.308 e. The van der Waals surface area contributed by atoms with Crippen molar-refractivity contribution in [2.45, 2.75) is 15.5 Å². The number of alkyl halides is 3. The number of urea groups is 1. The zero-order chi connectivity index (χ0) is 24.5. The number of nitro benzene ring substituents is 1. The lowest BCUT2D eigenvalue weighted by molar-refractivity contribution is -0.384. The molecule has 2 aromatic carbocycles. The van der Waals surface area contributed by atoms with Gasteiger partial charge in [0.05, 0.1) is 21.0 Å². The van der Waals surface area contributed by atoms with E-state index in [0.717, 1.165) is 29.2 Å². The van der Waals surface area contributed by atoms with Gasteiger partial charge in [-0.2, -0.15) is 13.2 Å². The second-order valence-corrected chi connectivity index (χ2v) is 9.00. The lowest BCUT2D eigenvalue weighted by Crippen LogP contribution is -2.19. The molecule has 0 radical (unpaired) electrons. The van der Waals surface area contributed by atoms with Crippen LogP contribution < -0.4 is 10.6 Å². The van der Waals surface area contributed by atoms with E-state index >= 15 is 0 Å². The molecule has 0 fully saturated rings. The molecule has 34 heavy (non-hydrogen) atoms. The number of carbonyl (C=O) groups excluding carboxylic acids is 1. The maximum atomic E-state index is 13.0. The number of hydrogen-bond acceptors (Lipinski definition) is 9. The number of hydrogen-bond donors (Lipinski definition) is 2. The highest BCUT2D eigenvalue weighted by Gasteiger charge is 2.33. The van der Waals surface area contributed by atoms with E-state index in [1.165, 1.54) is 30.6 Å².